The van der Waals surface area contributed by atoms with E-state index in [0.717, 1.165) is 16.7 Å². The van der Waals surface area contributed by atoms with Crippen molar-refractivity contribution in [2.45, 2.75) is 20.0 Å². The number of benzene rings is 1. The smallest absolute Gasteiger partial charge is 0.122 e. The summed E-state index contributed by atoms with van der Waals surface area (Å²) in [5.41, 5.74) is 2.80. The Labute approximate surface area is 72.7 Å². The minimum Gasteiger partial charge on any atom is -0.243 e. The van der Waals surface area contributed by atoms with Crippen molar-refractivity contribution in [1.29, 1.82) is 0 Å². The molecular formula is C11H13F. The average molecular weight is 164 g/mol. The third-order valence-corrected chi connectivity index (χ3v) is 1.86. The molecule has 0 saturated heterocycles. The van der Waals surface area contributed by atoms with Gasteiger partial charge in [0, 0.05) is 0 Å². The summed E-state index contributed by atoms with van der Waals surface area (Å²) in [6.07, 6.45) is -0.885. The van der Waals surface area contributed by atoms with E-state index < -0.39 is 6.17 Å². The van der Waals surface area contributed by atoms with Crippen molar-refractivity contribution in [1.82, 2.24) is 0 Å². The summed E-state index contributed by atoms with van der Waals surface area (Å²) < 4.78 is 12.7. The molecule has 1 aromatic carbocycles. The van der Waals surface area contributed by atoms with E-state index in [2.05, 4.69) is 6.58 Å². The molecule has 0 N–H and O–H groups in total. The van der Waals surface area contributed by atoms with Crippen LogP contribution in [0, 0.1) is 0 Å². The molecule has 0 spiro atoms. The van der Waals surface area contributed by atoms with Gasteiger partial charge in [-0.1, -0.05) is 36.4 Å². The van der Waals surface area contributed by atoms with Gasteiger partial charge in [0.15, 0.2) is 0 Å². The second-order valence-corrected chi connectivity index (χ2v) is 3.02. The van der Waals surface area contributed by atoms with Crippen molar-refractivity contribution < 1.29 is 4.39 Å². The number of allylic oxidation sites excluding steroid dienone is 1. The van der Waals surface area contributed by atoms with Gasteiger partial charge in [-0.2, -0.15) is 0 Å². The Balaban J connectivity index is 2.93. The van der Waals surface area contributed by atoms with Gasteiger partial charge in [-0.15, -0.1) is 0 Å². The van der Waals surface area contributed by atoms with Crippen LogP contribution in [0.2, 0.25) is 0 Å². The lowest BCUT2D eigenvalue weighted by atomic mass is 10.1. The maximum Gasteiger partial charge on any atom is 0.122 e. The van der Waals surface area contributed by atoms with Crippen molar-refractivity contribution in [3.8, 4) is 0 Å². The number of rotatable bonds is 2. The first-order valence-corrected chi connectivity index (χ1v) is 4.01. The lowest BCUT2D eigenvalue weighted by Gasteiger charge is -2.03. The highest BCUT2D eigenvalue weighted by Gasteiger charge is 2.01. The molecule has 1 aromatic rings. The Morgan fingerprint density at radius 3 is 2.17 bits per heavy atom. The molecule has 0 aliphatic carbocycles. The van der Waals surface area contributed by atoms with Crippen LogP contribution >= 0.6 is 0 Å². The molecule has 0 saturated carbocycles. The van der Waals surface area contributed by atoms with Gasteiger partial charge >= 0.3 is 0 Å². The quantitative estimate of drug-likeness (QED) is 0.624. The summed E-state index contributed by atoms with van der Waals surface area (Å²) in [5.74, 6) is 0. The number of halogens is 1. The Bertz CT molecular complexity index is 270. The molecule has 0 aliphatic rings. The van der Waals surface area contributed by atoms with E-state index in [0.29, 0.717) is 0 Å². The highest BCUT2D eigenvalue weighted by Crippen LogP contribution is 2.19. The zero-order valence-electron chi connectivity index (χ0n) is 7.47. The van der Waals surface area contributed by atoms with Gasteiger partial charge < -0.3 is 0 Å². The Kier molecular flexibility index (Phi) is 2.64. The average Bonchev–Trinajstić information content (AvgIpc) is 2.04. The van der Waals surface area contributed by atoms with Gasteiger partial charge in [-0.05, 0) is 25.0 Å². The van der Waals surface area contributed by atoms with Crippen LogP contribution in [-0.4, -0.2) is 0 Å². The van der Waals surface area contributed by atoms with Gasteiger partial charge in [0.05, 0.1) is 0 Å². The van der Waals surface area contributed by atoms with Crippen LogP contribution in [0.15, 0.2) is 30.8 Å². The third kappa shape index (κ3) is 1.94. The van der Waals surface area contributed by atoms with E-state index >= 15 is 0 Å². The summed E-state index contributed by atoms with van der Waals surface area (Å²) in [4.78, 5) is 0. The van der Waals surface area contributed by atoms with Crippen LogP contribution in [0.25, 0.3) is 5.57 Å². The fourth-order valence-corrected chi connectivity index (χ4v) is 1.03. The van der Waals surface area contributed by atoms with Crippen LogP contribution in [0.1, 0.15) is 31.1 Å². The van der Waals surface area contributed by atoms with Gasteiger partial charge in [0.2, 0.25) is 0 Å². The molecule has 0 aromatic heterocycles. The largest absolute Gasteiger partial charge is 0.243 e. The van der Waals surface area contributed by atoms with E-state index in [1.165, 1.54) is 6.92 Å². The van der Waals surface area contributed by atoms with Crippen molar-refractivity contribution in [3.63, 3.8) is 0 Å². The second kappa shape index (κ2) is 3.53. The molecule has 0 fully saturated rings. The molecule has 0 radical (unpaired) electrons. The molecule has 12 heavy (non-hydrogen) atoms. The molecule has 0 aliphatic heterocycles. The molecular weight excluding hydrogens is 151 g/mol. The zero-order valence-corrected chi connectivity index (χ0v) is 7.47. The molecule has 1 heteroatoms. The Morgan fingerprint density at radius 2 is 1.83 bits per heavy atom. The third-order valence-electron chi connectivity index (χ3n) is 1.86. The fourth-order valence-electron chi connectivity index (χ4n) is 1.03. The van der Waals surface area contributed by atoms with E-state index in [-0.39, 0.29) is 0 Å². The van der Waals surface area contributed by atoms with Crippen molar-refractivity contribution in [2.75, 3.05) is 0 Å². The molecule has 1 rings (SSSR count). The van der Waals surface area contributed by atoms with Crippen LogP contribution in [0.3, 0.4) is 0 Å². The maximum absolute atomic E-state index is 12.7. The van der Waals surface area contributed by atoms with E-state index in [1.54, 1.807) is 12.1 Å². The van der Waals surface area contributed by atoms with Crippen LogP contribution < -0.4 is 0 Å². The molecule has 0 bridgehead atoms. The first-order valence-electron chi connectivity index (χ1n) is 4.01. The SMILES string of the molecule is C=C(C)c1ccc([C@@H](C)F)cc1. The highest BCUT2D eigenvalue weighted by atomic mass is 19.1. The van der Waals surface area contributed by atoms with Crippen molar-refractivity contribution in [3.05, 3.63) is 42.0 Å². The minimum absolute atomic E-state index is 0.722. The second-order valence-electron chi connectivity index (χ2n) is 3.02. The lowest BCUT2D eigenvalue weighted by molar-refractivity contribution is 0.374. The molecule has 64 valence electrons. The standard InChI is InChI=1S/C11H13F/c1-8(2)10-4-6-11(7-5-10)9(3)12/h4-7,9H,1H2,2-3H3/t9-/m1/s1. The van der Waals surface area contributed by atoms with Crippen LogP contribution in [0.4, 0.5) is 4.39 Å². The topological polar surface area (TPSA) is 0 Å². The van der Waals surface area contributed by atoms with Gasteiger partial charge in [-0.3, -0.25) is 0 Å². The number of hydrogen-bond donors (Lipinski definition) is 0. The zero-order chi connectivity index (χ0) is 9.14. The van der Waals surface area contributed by atoms with Gasteiger partial charge in [0.1, 0.15) is 6.17 Å². The monoisotopic (exact) mass is 164 g/mol. The number of hydrogen-bond acceptors (Lipinski definition) is 0. The summed E-state index contributed by atoms with van der Waals surface area (Å²) >= 11 is 0. The minimum atomic E-state index is -0.885. The lowest BCUT2D eigenvalue weighted by Crippen LogP contribution is -1.85. The molecule has 0 heterocycles. The Morgan fingerprint density at radius 1 is 1.33 bits per heavy atom. The predicted octanol–water partition coefficient (Wildman–Crippen LogP) is 3.75. The van der Waals surface area contributed by atoms with Crippen molar-refractivity contribution >= 4 is 5.57 Å². The summed E-state index contributed by atoms with van der Waals surface area (Å²) in [5, 5.41) is 0. The van der Waals surface area contributed by atoms with Crippen LogP contribution in [0.5, 0.6) is 0 Å². The Hall–Kier alpha value is -1.11. The summed E-state index contributed by atoms with van der Waals surface area (Å²) in [7, 11) is 0. The molecule has 0 amide bonds. The van der Waals surface area contributed by atoms with Crippen molar-refractivity contribution in [2.24, 2.45) is 0 Å². The highest BCUT2D eigenvalue weighted by molar-refractivity contribution is 5.61. The van der Waals surface area contributed by atoms with Crippen LogP contribution in [-0.2, 0) is 0 Å². The number of alkyl halides is 1. The van der Waals surface area contributed by atoms with E-state index in [4.69, 9.17) is 0 Å². The van der Waals surface area contributed by atoms with Gasteiger partial charge in [0.25, 0.3) is 0 Å². The molecule has 1 atom stereocenters. The van der Waals surface area contributed by atoms with E-state index in [1.807, 2.05) is 19.1 Å². The summed E-state index contributed by atoms with van der Waals surface area (Å²) in [6.45, 7) is 7.28. The first-order chi connectivity index (χ1) is 5.61. The van der Waals surface area contributed by atoms with E-state index in [9.17, 15) is 4.39 Å². The molecule has 0 nitrogen and oxygen atoms in total. The fraction of sp³-hybridized carbons (Fsp3) is 0.273. The normalized spacial score (nSPS) is 12.6. The predicted molar refractivity (Wildman–Crippen MR) is 50.7 cm³/mol. The molecule has 0 unspecified atom stereocenters. The summed E-state index contributed by atoms with van der Waals surface area (Å²) in [6, 6.07) is 7.39. The van der Waals surface area contributed by atoms with Gasteiger partial charge in [-0.25, -0.2) is 4.39 Å². The first kappa shape index (κ1) is 8.98. The maximum atomic E-state index is 12.7.